The molecule has 118 valence electrons. The number of morpholine rings is 1. The average Bonchev–Trinajstić information content (AvgIpc) is 2.46. The minimum Gasteiger partial charge on any atom is -0.390 e. The molecule has 0 amide bonds. The Morgan fingerprint density at radius 1 is 1.38 bits per heavy atom. The Balaban J connectivity index is 1.86. The molecule has 0 radical (unpaired) electrons. The maximum Gasteiger partial charge on any atom is 0.240 e. The van der Waals surface area contributed by atoms with Gasteiger partial charge in [0.25, 0.3) is 0 Å². The van der Waals surface area contributed by atoms with Crippen molar-refractivity contribution in [1.29, 1.82) is 0 Å². The van der Waals surface area contributed by atoms with Crippen molar-refractivity contribution in [1.82, 2.24) is 9.62 Å². The van der Waals surface area contributed by atoms with Crippen molar-refractivity contribution in [3.8, 4) is 0 Å². The summed E-state index contributed by atoms with van der Waals surface area (Å²) in [7, 11) is -3.66. The lowest BCUT2D eigenvalue weighted by molar-refractivity contribution is 0.0158. The standard InChI is InChI=1S/C13H19ClN2O4S/c14-11-2-1-3-13(8-11)21(18,19)15-9-12(17)10-16-4-6-20-7-5-16/h1-3,8,12,15,17H,4-7,9-10H2. The van der Waals surface area contributed by atoms with Gasteiger partial charge in [-0.05, 0) is 18.2 Å². The smallest absolute Gasteiger partial charge is 0.240 e. The highest BCUT2D eigenvalue weighted by Gasteiger charge is 2.19. The predicted molar refractivity (Wildman–Crippen MR) is 79.9 cm³/mol. The second-order valence-corrected chi connectivity index (χ2v) is 7.08. The van der Waals surface area contributed by atoms with Crippen molar-refractivity contribution < 1.29 is 18.3 Å². The Morgan fingerprint density at radius 3 is 2.76 bits per heavy atom. The number of hydrogen-bond acceptors (Lipinski definition) is 5. The number of nitrogens with one attached hydrogen (secondary N) is 1. The lowest BCUT2D eigenvalue weighted by atomic mass is 10.3. The molecule has 1 atom stereocenters. The third-order valence-corrected chi connectivity index (χ3v) is 4.84. The summed E-state index contributed by atoms with van der Waals surface area (Å²) >= 11 is 5.78. The predicted octanol–water partition coefficient (Wildman–Crippen LogP) is 0.311. The molecule has 1 aliphatic heterocycles. The van der Waals surface area contributed by atoms with Gasteiger partial charge in [0.05, 0.1) is 24.2 Å². The van der Waals surface area contributed by atoms with E-state index in [1.165, 1.54) is 12.1 Å². The molecule has 0 saturated carbocycles. The van der Waals surface area contributed by atoms with E-state index >= 15 is 0 Å². The Bertz CT molecular complexity index is 561. The van der Waals surface area contributed by atoms with Crippen molar-refractivity contribution in [3.05, 3.63) is 29.3 Å². The van der Waals surface area contributed by atoms with Gasteiger partial charge in [-0.25, -0.2) is 13.1 Å². The summed E-state index contributed by atoms with van der Waals surface area (Å²) in [5.74, 6) is 0. The van der Waals surface area contributed by atoms with Crippen LogP contribution in [-0.2, 0) is 14.8 Å². The van der Waals surface area contributed by atoms with Crippen LogP contribution < -0.4 is 4.72 Å². The molecule has 0 aromatic heterocycles. The maximum absolute atomic E-state index is 12.1. The summed E-state index contributed by atoms with van der Waals surface area (Å²) < 4.78 is 31.7. The summed E-state index contributed by atoms with van der Waals surface area (Å²) in [6.07, 6.45) is -0.767. The van der Waals surface area contributed by atoms with Gasteiger partial charge in [-0.15, -0.1) is 0 Å². The Morgan fingerprint density at radius 2 is 2.10 bits per heavy atom. The zero-order chi connectivity index (χ0) is 15.3. The van der Waals surface area contributed by atoms with Gasteiger partial charge in [0.2, 0.25) is 10.0 Å². The van der Waals surface area contributed by atoms with Crippen LogP contribution >= 0.6 is 11.6 Å². The summed E-state index contributed by atoms with van der Waals surface area (Å²) in [4.78, 5) is 2.13. The highest BCUT2D eigenvalue weighted by atomic mass is 35.5. The molecule has 1 aromatic carbocycles. The maximum atomic E-state index is 12.1. The van der Waals surface area contributed by atoms with E-state index < -0.39 is 16.1 Å². The van der Waals surface area contributed by atoms with Gasteiger partial charge in [0.1, 0.15) is 0 Å². The van der Waals surface area contributed by atoms with Crippen LogP contribution in [0.25, 0.3) is 0 Å². The zero-order valence-corrected chi connectivity index (χ0v) is 13.1. The van der Waals surface area contributed by atoms with Crippen LogP contribution in [-0.4, -0.2) is 63.9 Å². The molecule has 2 N–H and O–H groups in total. The second kappa shape index (κ2) is 7.53. The van der Waals surface area contributed by atoms with Crippen LogP contribution in [0, 0.1) is 0 Å². The van der Waals surface area contributed by atoms with Gasteiger partial charge >= 0.3 is 0 Å². The van der Waals surface area contributed by atoms with E-state index in [-0.39, 0.29) is 11.4 Å². The third kappa shape index (κ3) is 5.21. The molecule has 0 spiro atoms. The number of sulfonamides is 1. The number of rotatable bonds is 6. The molecule has 8 heteroatoms. The second-order valence-electron chi connectivity index (χ2n) is 4.88. The molecule has 21 heavy (non-hydrogen) atoms. The van der Waals surface area contributed by atoms with Crippen LogP contribution in [0.5, 0.6) is 0 Å². The fourth-order valence-electron chi connectivity index (χ4n) is 2.07. The van der Waals surface area contributed by atoms with E-state index in [1.54, 1.807) is 12.1 Å². The van der Waals surface area contributed by atoms with Crippen molar-refractivity contribution in [3.63, 3.8) is 0 Å². The first-order chi connectivity index (χ1) is 9.97. The Kier molecular flexibility index (Phi) is 5.98. The van der Waals surface area contributed by atoms with Crippen molar-refractivity contribution in [2.75, 3.05) is 39.4 Å². The van der Waals surface area contributed by atoms with Crippen LogP contribution in [0.2, 0.25) is 5.02 Å². The average molecular weight is 335 g/mol. The van der Waals surface area contributed by atoms with Crippen molar-refractivity contribution in [2.24, 2.45) is 0 Å². The van der Waals surface area contributed by atoms with Gasteiger partial charge in [-0.1, -0.05) is 17.7 Å². The molecule has 1 saturated heterocycles. The molecule has 1 heterocycles. The highest BCUT2D eigenvalue weighted by Crippen LogP contribution is 2.15. The molecule has 0 bridgehead atoms. The summed E-state index contributed by atoms with van der Waals surface area (Å²) in [6.45, 7) is 3.16. The lowest BCUT2D eigenvalue weighted by Gasteiger charge is -2.28. The Labute approximate surface area is 129 Å². The van der Waals surface area contributed by atoms with Crippen LogP contribution in [0.3, 0.4) is 0 Å². The van der Waals surface area contributed by atoms with Gasteiger partial charge in [-0.3, -0.25) is 4.90 Å². The summed E-state index contributed by atoms with van der Waals surface area (Å²) in [5.41, 5.74) is 0. The van der Waals surface area contributed by atoms with E-state index in [4.69, 9.17) is 16.3 Å². The number of aliphatic hydroxyl groups is 1. The van der Waals surface area contributed by atoms with Crippen molar-refractivity contribution in [2.45, 2.75) is 11.0 Å². The molecule has 1 aromatic rings. The number of benzene rings is 1. The molecular formula is C13H19ClN2O4S. The topological polar surface area (TPSA) is 78.9 Å². The fraction of sp³-hybridized carbons (Fsp3) is 0.538. The molecule has 1 fully saturated rings. The van der Waals surface area contributed by atoms with Crippen molar-refractivity contribution >= 4 is 21.6 Å². The molecular weight excluding hydrogens is 316 g/mol. The molecule has 6 nitrogen and oxygen atoms in total. The number of aliphatic hydroxyl groups excluding tert-OH is 1. The van der Waals surface area contributed by atoms with Crippen LogP contribution in [0.4, 0.5) is 0 Å². The van der Waals surface area contributed by atoms with E-state index in [1.807, 2.05) is 4.90 Å². The van der Waals surface area contributed by atoms with Crippen LogP contribution in [0.1, 0.15) is 0 Å². The lowest BCUT2D eigenvalue weighted by Crippen LogP contribution is -2.44. The first kappa shape index (κ1) is 16.7. The molecule has 1 aliphatic rings. The summed E-state index contributed by atoms with van der Waals surface area (Å²) in [5, 5.41) is 10.3. The minimum atomic E-state index is -3.66. The van der Waals surface area contributed by atoms with Gasteiger partial charge in [0, 0.05) is 31.2 Å². The first-order valence-corrected chi connectivity index (χ1v) is 8.57. The monoisotopic (exact) mass is 334 g/mol. The zero-order valence-electron chi connectivity index (χ0n) is 11.5. The van der Waals surface area contributed by atoms with Gasteiger partial charge in [0.15, 0.2) is 0 Å². The SMILES string of the molecule is O=S(=O)(NCC(O)CN1CCOCC1)c1cccc(Cl)c1. The number of nitrogens with zero attached hydrogens (tertiary/aromatic N) is 1. The fourth-order valence-corrected chi connectivity index (χ4v) is 3.44. The number of halogens is 1. The quantitative estimate of drug-likeness (QED) is 0.783. The molecule has 2 rings (SSSR count). The number of ether oxygens (including phenoxy) is 1. The number of β-amino-alcohol motifs (C(OH)–C–C–N with tert-alkyl or cyclic N) is 1. The summed E-state index contributed by atoms with van der Waals surface area (Å²) in [6, 6.07) is 6.01. The van der Waals surface area contributed by atoms with E-state index in [9.17, 15) is 13.5 Å². The third-order valence-electron chi connectivity index (χ3n) is 3.19. The molecule has 1 unspecified atom stereocenters. The van der Waals surface area contributed by atoms with E-state index in [0.29, 0.717) is 24.8 Å². The minimum absolute atomic E-state index is 0.0355. The number of hydrogen-bond donors (Lipinski definition) is 2. The largest absolute Gasteiger partial charge is 0.390 e. The van der Waals surface area contributed by atoms with E-state index in [0.717, 1.165) is 13.1 Å². The van der Waals surface area contributed by atoms with Gasteiger partial charge < -0.3 is 9.84 Å². The first-order valence-electron chi connectivity index (χ1n) is 6.71. The highest BCUT2D eigenvalue weighted by molar-refractivity contribution is 7.89. The van der Waals surface area contributed by atoms with E-state index in [2.05, 4.69) is 4.72 Å². The Hall–Kier alpha value is -0.700. The normalized spacial score (nSPS) is 18.6. The molecule has 0 aliphatic carbocycles. The van der Waals surface area contributed by atoms with Gasteiger partial charge in [-0.2, -0.15) is 0 Å². The van der Waals surface area contributed by atoms with Crippen LogP contribution in [0.15, 0.2) is 29.2 Å².